The van der Waals surface area contributed by atoms with E-state index in [1.54, 1.807) is 0 Å². The van der Waals surface area contributed by atoms with Gasteiger partial charge in [-0.1, -0.05) is 6.07 Å². The average Bonchev–Trinajstić information content (AvgIpc) is 2.85. The number of piperazine rings is 1. The van der Waals surface area contributed by atoms with Crippen LogP contribution in [-0.2, 0) is 11.5 Å². The Balaban J connectivity index is 1.54. The number of hydrogen-bond donors (Lipinski definition) is 1. The predicted octanol–water partition coefficient (Wildman–Crippen LogP) is 0.965. The predicted molar refractivity (Wildman–Crippen MR) is 95.3 cm³/mol. The molecule has 3 heterocycles. The largest absolute Gasteiger partial charge is 0.353 e. The van der Waals surface area contributed by atoms with Gasteiger partial charge in [-0.05, 0) is 38.2 Å². The molecule has 1 amide bonds. The first kappa shape index (κ1) is 17.1. The van der Waals surface area contributed by atoms with Gasteiger partial charge in [0.2, 0.25) is 10.7 Å². The minimum atomic E-state index is 0.0982. The third kappa shape index (κ3) is 4.00. The fourth-order valence-electron chi connectivity index (χ4n) is 2.91. The summed E-state index contributed by atoms with van der Waals surface area (Å²) in [7, 11) is 0. The van der Waals surface area contributed by atoms with Crippen LogP contribution in [-0.4, -0.2) is 68.7 Å². The number of amides is 1. The van der Waals surface area contributed by atoms with E-state index in [4.69, 9.17) is 12.2 Å². The summed E-state index contributed by atoms with van der Waals surface area (Å²) in [4.78, 5) is 16.4. The molecule has 0 atom stereocenters. The molecule has 1 aliphatic heterocycles. The first-order valence-electron chi connectivity index (χ1n) is 8.31. The van der Waals surface area contributed by atoms with Crippen LogP contribution in [0, 0.1) is 4.77 Å². The minimum absolute atomic E-state index is 0.0982. The maximum absolute atomic E-state index is 11.8. The van der Waals surface area contributed by atoms with Crippen LogP contribution in [0.3, 0.4) is 0 Å². The highest BCUT2D eigenvalue weighted by Crippen LogP contribution is 2.07. The van der Waals surface area contributed by atoms with Gasteiger partial charge < -0.3 is 5.32 Å². The van der Waals surface area contributed by atoms with Gasteiger partial charge in [-0.3, -0.25) is 19.0 Å². The Bertz CT molecular complexity index is 759. The second-order valence-corrected chi connectivity index (χ2v) is 6.83. The molecule has 1 N–H and O–H groups in total. The van der Waals surface area contributed by atoms with E-state index in [0.717, 1.165) is 31.8 Å². The van der Waals surface area contributed by atoms with Crippen molar-refractivity contribution in [1.29, 1.82) is 0 Å². The summed E-state index contributed by atoms with van der Waals surface area (Å²) in [6.07, 6.45) is 1.94. The zero-order chi connectivity index (χ0) is 17.1. The van der Waals surface area contributed by atoms with E-state index in [9.17, 15) is 4.79 Å². The number of nitrogens with one attached hydrogen (secondary N) is 1. The molecule has 1 fully saturated rings. The average molecular weight is 348 g/mol. The number of carbonyl (C=O) groups excluding carboxylic acids is 1. The van der Waals surface area contributed by atoms with Gasteiger partial charge in [0, 0.05) is 38.4 Å². The Kier molecular flexibility index (Phi) is 5.27. The molecule has 24 heavy (non-hydrogen) atoms. The topological polar surface area (TPSA) is 57.8 Å². The van der Waals surface area contributed by atoms with Crippen molar-refractivity contribution in [3.05, 3.63) is 29.2 Å². The summed E-state index contributed by atoms with van der Waals surface area (Å²) in [6.45, 7) is 8.70. The van der Waals surface area contributed by atoms with Gasteiger partial charge in [0.15, 0.2) is 5.65 Å². The van der Waals surface area contributed by atoms with Crippen LogP contribution in [0.15, 0.2) is 24.4 Å². The molecule has 0 spiro atoms. The van der Waals surface area contributed by atoms with Crippen molar-refractivity contribution in [2.45, 2.75) is 26.6 Å². The molecule has 0 aromatic carbocycles. The van der Waals surface area contributed by atoms with E-state index in [1.807, 2.05) is 47.3 Å². The minimum Gasteiger partial charge on any atom is -0.353 e. The van der Waals surface area contributed by atoms with Crippen molar-refractivity contribution < 1.29 is 4.79 Å². The van der Waals surface area contributed by atoms with Crippen molar-refractivity contribution in [3.63, 3.8) is 0 Å². The molecular formula is C16H24N6OS. The van der Waals surface area contributed by atoms with Crippen LogP contribution in [0.4, 0.5) is 0 Å². The van der Waals surface area contributed by atoms with Crippen molar-refractivity contribution in [2.24, 2.45) is 0 Å². The number of nitrogens with zero attached hydrogens (tertiary/aromatic N) is 5. The highest BCUT2D eigenvalue weighted by Gasteiger charge is 2.20. The zero-order valence-corrected chi connectivity index (χ0v) is 15.0. The lowest BCUT2D eigenvalue weighted by atomic mass is 10.3. The lowest BCUT2D eigenvalue weighted by Crippen LogP contribution is -2.50. The molecule has 0 radical (unpaired) electrons. The molecule has 2 aromatic rings. The van der Waals surface area contributed by atoms with Crippen LogP contribution in [0.5, 0.6) is 0 Å². The summed E-state index contributed by atoms with van der Waals surface area (Å²) in [5.41, 5.74) is 0.867. The Labute approximate surface area is 146 Å². The third-order valence-corrected chi connectivity index (χ3v) is 4.51. The van der Waals surface area contributed by atoms with Gasteiger partial charge in [-0.2, -0.15) is 5.10 Å². The fourth-order valence-corrected chi connectivity index (χ4v) is 3.16. The van der Waals surface area contributed by atoms with Crippen LogP contribution in [0.25, 0.3) is 5.65 Å². The summed E-state index contributed by atoms with van der Waals surface area (Å²) in [6, 6.07) is 6.06. The van der Waals surface area contributed by atoms with Crippen molar-refractivity contribution in [2.75, 3.05) is 32.7 Å². The second kappa shape index (κ2) is 7.42. The van der Waals surface area contributed by atoms with Gasteiger partial charge in [-0.25, -0.2) is 4.68 Å². The number of aromatic nitrogens is 3. The molecule has 0 saturated carbocycles. The first-order valence-corrected chi connectivity index (χ1v) is 8.72. The Morgan fingerprint density at radius 3 is 2.62 bits per heavy atom. The molecule has 1 aliphatic rings. The summed E-state index contributed by atoms with van der Waals surface area (Å²) in [5, 5.41) is 7.50. The van der Waals surface area contributed by atoms with E-state index >= 15 is 0 Å². The van der Waals surface area contributed by atoms with E-state index in [2.05, 4.69) is 20.2 Å². The number of pyridine rings is 1. The molecule has 3 rings (SSSR count). The molecule has 0 aliphatic carbocycles. The summed E-state index contributed by atoms with van der Waals surface area (Å²) < 4.78 is 4.50. The molecular weight excluding hydrogens is 324 g/mol. The number of carbonyl (C=O) groups is 1. The van der Waals surface area contributed by atoms with Crippen LogP contribution >= 0.6 is 12.2 Å². The molecule has 0 bridgehead atoms. The van der Waals surface area contributed by atoms with Gasteiger partial charge in [-0.15, -0.1) is 0 Å². The molecule has 7 nitrogen and oxygen atoms in total. The van der Waals surface area contributed by atoms with Gasteiger partial charge in [0.05, 0.1) is 13.2 Å². The zero-order valence-electron chi connectivity index (χ0n) is 14.2. The highest BCUT2D eigenvalue weighted by molar-refractivity contribution is 7.71. The van der Waals surface area contributed by atoms with E-state index in [-0.39, 0.29) is 11.9 Å². The summed E-state index contributed by atoms with van der Waals surface area (Å²) in [5.74, 6) is 0.0982. The Morgan fingerprint density at radius 1 is 1.25 bits per heavy atom. The maximum Gasteiger partial charge on any atom is 0.234 e. The van der Waals surface area contributed by atoms with Crippen LogP contribution < -0.4 is 5.32 Å². The van der Waals surface area contributed by atoms with E-state index in [0.29, 0.717) is 18.0 Å². The number of hydrogen-bond acceptors (Lipinski definition) is 5. The monoisotopic (exact) mass is 348 g/mol. The molecule has 2 aromatic heterocycles. The van der Waals surface area contributed by atoms with Gasteiger partial charge >= 0.3 is 0 Å². The molecule has 1 saturated heterocycles. The van der Waals surface area contributed by atoms with Crippen LogP contribution in [0.2, 0.25) is 0 Å². The SMILES string of the molecule is CC(C)NC(=O)CN1CCN(Cn2nc3ccccn3c2=S)CC1. The van der Waals surface area contributed by atoms with E-state index < -0.39 is 0 Å². The maximum atomic E-state index is 11.8. The highest BCUT2D eigenvalue weighted by atomic mass is 32.1. The van der Waals surface area contributed by atoms with Crippen LogP contribution in [0.1, 0.15) is 13.8 Å². The Hall–Kier alpha value is -1.77. The lowest BCUT2D eigenvalue weighted by Gasteiger charge is -2.34. The second-order valence-electron chi connectivity index (χ2n) is 6.47. The fraction of sp³-hybridized carbons (Fsp3) is 0.562. The smallest absolute Gasteiger partial charge is 0.234 e. The number of fused-ring (bicyclic) bond motifs is 1. The lowest BCUT2D eigenvalue weighted by molar-refractivity contribution is -0.123. The summed E-state index contributed by atoms with van der Waals surface area (Å²) >= 11 is 5.49. The third-order valence-electron chi connectivity index (χ3n) is 4.10. The van der Waals surface area contributed by atoms with Gasteiger partial charge in [0.1, 0.15) is 0 Å². The Morgan fingerprint density at radius 2 is 1.96 bits per heavy atom. The van der Waals surface area contributed by atoms with E-state index in [1.165, 1.54) is 0 Å². The van der Waals surface area contributed by atoms with Crippen molar-refractivity contribution in [3.8, 4) is 0 Å². The first-order chi connectivity index (χ1) is 11.5. The van der Waals surface area contributed by atoms with Crippen molar-refractivity contribution >= 4 is 23.8 Å². The molecule has 0 unspecified atom stereocenters. The molecule has 8 heteroatoms. The number of rotatable bonds is 5. The normalized spacial score (nSPS) is 16.8. The molecule has 130 valence electrons. The standard InChI is InChI=1S/C16H24N6OS/c1-13(2)17-15(23)11-19-7-9-20(10-8-19)12-22-16(24)21-6-4-3-5-14(21)18-22/h3-6,13H,7-12H2,1-2H3,(H,17,23). The van der Waals surface area contributed by atoms with Gasteiger partial charge in [0.25, 0.3) is 0 Å². The quantitative estimate of drug-likeness (QED) is 0.816. The van der Waals surface area contributed by atoms with Crippen molar-refractivity contribution in [1.82, 2.24) is 29.3 Å².